The van der Waals surface area contributed by atoms with E-state index in [1.54, 1.807) is 0 Å². The van der Waals surface area contributed by atoms with Crippen molar-refractivity contribution >= 4 is 11.8 Å². The monoisotopic (exact) mass is 223 g/mol. The van der Waals surface area contributed by atoms with Gasteiger partial charge >= 0.3 is 0 Å². The Hall–Kier alpha value is -1.36. The average Bonchev–Trinajstić information content (AvgIpc) is 2.16. The van der Waals surface area contributed by atoms with Crippen molar-refractivity contribution in [3.8, 4) is 0 Å². The molecule has 0 aliphatic heterocycles. The highest BCUT2D eigenvalue weighted by Crippen LogP contribution is 2.08. The highest BCUT2D eigenvalue weighted by molar-refractivity contribution is 5.41. The van der Waals surface area contributed by atoms with Gasteiger partial charge in [-0.25, -0.2) is 4.98 Å². The second-order valence-corrected chi connectivity index (χ2v) is 3.98. The van der Waals surface area contributed by atoms with E-state index in [2.05, 4.69) is 39.6 Å². The number of anilines is 2. The molecule has 1 aromatic heterocycles. The van der Waals surface area contributed by atoms with Crippen molar-refractivity contribution in [1.82, 2.24) is 14.9 Å². The van der Waals surface area contributed by atoms with Crippen molar-refractivity contribution in [3.63, 3.8) is 0 Å². The molecule has 0 bridgehead atoms. The van der Waals surface area contributed by atoms with Gasteiger partial charge in [-0.05, 0) is 27.9 Å². The fraction of sp³-hybridized carbons (Fsp3) is 0.636. The van der Waals surface area contributed by atoms with Gasteiger partial charge in [0.1, 0.15) is 5.82 Å². The zero-order valence-corrected chi connectivity index (χ0v) is 10.5. The van der Waals surface area contributed by atoms with Gasteiger partial charge in [0.2, 0.25) is 5.95 Å². The number of nitrogens with zero attached hydrogens (tertiary/aromatic N) is 3. The first-order chi connectivity index (χ1) is 7.61. The summed E-state index contributed by atoms with van der Waals surface area (Å²) in [5, 5.41) is 6.40. The summed E-state index contributed by atoms with van der Waals surface area (Å²) in [4.78, 5) is 10.8. The first-order valence-electron chi connectivity index (χ1n) is 5.60. The topological polar surface area (TPSA) is 53.1 Å². The Balaban J connectivity index is 2.58. The number of rotatable bonds is 6. The molecule has 0 atom stereocenters. The number of nitrogens with one attached hydrogen (secondary N) is 2. The summed E-state index contributed by atoms with van der Waals surface area (Å²) < 4.78 is 0. The van der Waals surface area contributed by atoms with Crippen molar-refractivity contribution in [2.45, 2.75) is 13.8 Å². The predicted molar refractivity (Wildman–Crippen MR) is 68.0 cm³/mol. The molecule has 2 N–H and O–H groups in total. The van der Waals surface area contributed by atoms with Gasteiger partial charge < -0.3 is 15.5 Å². The molecule has 0 saturated carbocycles. The number of hydrogen-bond donors (Lipinski definition) is 2. The summed E-state index contributed by atoms with van der Waals surface area (Å²) in [5.41, 5.74) is 0.971. The molecule has 0 unspecified atom stereocenters. The Morgan fingerprint density at radius 2 is 2.00 bits per heavy atom. The first-order valence-corrected chi connectivity index (χ1v) is 5.60. The van der Waals surface area contributed by atoms with Gasteiger partial charge in [-0.15, -0.1) is 0 Å². The van der Waals surface area contributed by atoms with Gasteiger partial charge in [-0.1, -0.05) is 0 Å². The molecule has 0 radical (unpaired) electrons. The lowest BCUT2D eigenvalue weighted by Crippen LogP contribution is -2.21. The summed E-state index contributed by atoms with van der Waals surface area (Å²) in [7, 11) is 4.11. The molecule has 5 nitrogen and oxygen atoms in total. The van der Waals surface area contributed by atoms with Crippen molar-refractivity contribution in [2.75, 3.05) is 44.4 Å². The van der Waals surface area contributed by atoms with E-state index in [-0.39, 0.29) is 0 Å². The van der Waals surface area contributed by atoms with E-state index in [0.717, 1.165) is 31.1 Å². The second kappa shape index (κ2) is 6.27. The van der Waals surface area contributed by atoms with Gasteiger partial charge in [0.15, 0.2) is 0 Å². The molecule has 0 aliphatic rings. The zero-order chi connectivity index (χ0) is 12.0. The maximum Gasteiger partial charge on any atom is 0.224 e. The van der Waals surface area contributed by atoms with Gasteiger partial charge in [0, 0.05) is 31.4 Å². The quantitative estimate of drug-likeness (QED) is 0.758. The summed E-state index contributed by atoms with van der Waals surface area (Å²) in [6.07, 6.45) is 0. The molecule has 1 aromatic rings. The van der Waals surface area contributed by atoms with Crippen LogP contribution < -0.4 is 10.6 Å². The van der Waals surface area contributed by atoms with Crippen LogP contribution in [0, 0.1) is 6.92 Å². The third-order valence-corrected chi connectivity index (χ3v) is 2.05. The van der Waals surface area contributed by atoms with Crippen LogP contribution in [-0.4, -0.2) is 48.6 Å². The molecule has 0 aromatic carbocycles. The third kappa shape index (κ3) is 4.44. The Morgan fingerprint density at radius 3 is 2.62 bits per heavy atom. The standard InChI is InChI=1S/C11H21N5/c1-5-12-11-14-9(2)8-10(15-11)13-6-7-16(3)4/h8H,5-7H2,1-4H3,(H2,12,13,14,15). The SMILES string of the molecule is CCNc1nc(C)cc(NCCN(C)C)n1. The van der Waals surface area contributed by atoms with Crippen LogP contribution in [0.4, 0.5) is 11.8 Å². The maximum atomic E-state index is 4.37. The maximum absolute atomic E-state index is 4.37. The minimum atomic E-state index is 0.690. The molecule has 0 aliphatic carbocycles. The van der Waals surface area contributed by atoms with Crippen molar-refractivity contribution < 1.29 is 0 Å². The number of aromatic nitrogens is 2. The number of likely N-dealkylation sites (N-methyl/N-ethyl adjacent to an activating group) is 1. The largest absolute Gasteiger partial charge is 0.369 e. The predicted octanol–water partition coefficient (Wildman–Crippen LogP) is 1.19. The molecule has 1 heterocycles. The lowest BCUT2D eigenvalue weighted by Gasteiger charge is -2.12. The molecular formula is C11H21N5. The van der Waals surface area contributed by atoms with Crippen LogP contribution >= 0.6 is 0 Å². The van der Waals surface area contributed by atoms with Crippen molar-refractivity contribution in [2.24, 2.45) is 0 Å². The van der Waals surface area contributed by atoms with E-state index in [9.17, 15) is 0 Å². The van der Waals surface area contributed by atoms with Gasteiger partial charge in [0.05, 0.1) is 0 Å². The van der Waals surface area contributed by atoms with E-state index >= 15 is 0 Å². The zero-order valence-electron chi connectivity index (χ0n) is 10.5. The van der Waals surface area contributed by atoms with Crippen molar-refractivity contribution in [3.05, 3.63) is 11.8 Å². The molecule has 1 rings (SSSR count). The molecule has 90 valence electrons. The minimum Gasteiger partial charge on any atom is -0.369 e. The Labute approximate surface area is 97.3 Å². The fourth-order valence-corrected chi connectivity index (χ4v) is 1.30. The van der Waals surface area contributed by atoms with Gasteiger partial charge in [0.25, 0.3) is 0 Å². The number of aryl methyl sites for hydroxylation is 1. The van der Waals surface area contributed by atoms with Crippen LogP contribution in [0.25, 0.3) is 0 Å². The molecule has 0 spiro atoms. The van der Waals surface area contributed by atoms with Crippen LogP contribution in [0.15, 0.2) is 6.07 Å². The summed E-state index contributed by atoms with van der Waals surface area (Å²) in [6.45, 7) is 6.71. The van der Waals surface area contributed by atoms with E-state index in [0.29, 0.717) is 5.95 Å². The highest BCUT2D eigenvalue weighted by atomic mass is 15.2. The Kier molecular flexibility index (Phi) is 4.98. The minimum absolute atomic E-state index is 0.690. The second-order valence-electron chi connectivity index (χ2n) is 3.98. The van der Waals surface area contributed by atoms with Gasteiger partial charge in [-0.3, -0.25) is 0 Å². The van der Waals surface area contributed by atoms with Gasteiger partial charge in [-0.2, -0.15) is 4.98 Å². The van der Waals surface area contributed by atoms with Crippen molar-refractivity contribution in [1.29, 1.82) is 0 Å². The van der Waals surface area contributed by atoms with E-state index in [1.165, 1.54) is 0 Å². The molecular weight excluding hydrogens is 202 g/mol. The number of hydrogen-bond acceptors (Lipinski definition) is 5. The van der Waals surface area contributed by atoms with Crippen LogP contribution in [0.2, 0.25) is 0 Å². The lowest BCUT2D eigenvalue weighted by molar-refractivity contribution is 0.425. The fourth-order valence-electron chi connectivity index (χ4n) is 1.30. The summed E-state index contributed by atoms with van der Waals surface area (Å²) in [6, 6.07) is 1.95. The van der Waals surface area contributed by atoms with E-state index in [1.807, 2.05) is 19.9 Å². The molecule has 0 amide bonds. The molecule has 0 saturated heterocycles. The van der Waals surface area contributed by atoms with Crippen LogP contribution in [0.5, 0.6) is 0 Å². The van der Waals surface area contributed by atoms with Crippen LogP contribution in [0.1, 0.15) is 12.6 Å². The average molecular weight is 223 g/mol. The third-order valence-electron chi connectivity index (χ3n) is 2.05. The Bertz CT molecular complexity index is 324. The normalized spacial score (nSPS) is 10.6. The molecule has 0 fully saturated rings. The Morgan fingerprint density at radius 1 is 1.25 bits per heavy atom. The summed E-state index contributed by atoms with van der Waals surface area (Å²) >= 11 is 0. The summed E-state index contributed by atoms with van der Waals surface area (Å²) in [5.74, 6) is 1.57. The smallest absolute Gasteiger partial charge is 0.224 e. The van der Waals surface area contributed by atoms with E-state index < -0.39 is 0 Å². The van der Waals surface area contributed by atoms with Crippen LogP contribution in [0.3, 0.4) is 0 Å². The highest BCUT2D eigenvalue weighted by Gasteiger charge is 2.00. The lowest BCUT2D eigenvalue weighted by atomic mass is 10.4. The molecule has 5 heteroatoms. The van der Waals surface area contributed by atoms with Crippen LogP contribution in [-0.2, 0) is 0 Å². The first kappa shape index (κ1) is 12.7. The van der Waals surface area contributed by atoms with E-state index in [4.69, 9.17) is 0 Å². The molecule has 16 heavy (non-hydrogen) atoms.